The van der Waals surface area contributed by atoms with Crippen molar-refractivity contribution in [1.29, 1.82) is 0 Å². The molecule has 2 saturated heterocycles. The Balaban J connectivity index is 1.29. The molecule has 32 heavy (non-hydrogen) atoms. The molecule has 3 aromatic rings. The molecular weight excluding hydrogens is 426 g/mol. The fourth-order valence-corrected chi connectivity index (χ4v) is 4.97. The molecule has 0 saturated carbocycles. The summed E-state index contributed by atoms with van der Waals surface area (Å²) in [5.41, 5.74) is -0.572. The molecule has 2 bridgehead atoms. The monoisotopic (exact) mass is 447 g/mol. The zero-order valence-corrected chi connectivity index (χ0v) is 17.0. The van der Waals surface area contributed by atoms with Gasteiger partial charge in [-0.1, -0.05) is 29.4 Å². The van der Waals surface area contributed by atoms with Gasteiger partial charge in [0.2, 0.25) is 11.7 Å². The fraction of sp³-hybridized carbons (Fsp3) is 0.391. The van der Waals surface area contributed by atoms with E-state index in [0.29, 0.717) is 30.8 Å². The second kappa shape index (κ2) is 7.67. The summed E-state index contributed by atoms with van der Waals surface area (Å²) in [5.74, 6) is 0.280. The topological polar surface area (TPSA) is 62.4 Å². The third-order valence-electron chi connectivity index (χ3n) is 6.56. The Morgan fingerprint density at radius 2 is 1.62 bits per heavy atom. The first kappa shape index (κ1) is 21.1. The van der Waals surface area contributed by atoms with Crippen LogP contribution in [0.3, 0.4) is 0 Å². The number of aliphatic hydroxyl groups is 1. The predicted octanol–water partition coefficient (Wildman–Crippen LogP) is 4.91. The Hall–Kier alpha value is -2.78. The Morgan fingerprint density at radius 3 is 2.22 bits per heavy atom. The van der Waals surface area contributed by atoms with E-state index in [1.165, 1.54) is 24.3 Å². The SMILES string of the molecule is OC1(c2ccc(F)cc2)CC2CCC(C1)N2Cc1nc(-c2ccc(C(F)(F)F)cc2)no1. The molecule has 0 radical (unpaired) electrons. The summed E-state index contributed by atoms with van der Waals surface area (Å²) < 4.78 is 56.9. The Labute approximate surface area is 181 Å². The van der Waals surface area contributed by atoms with Crippen LogP contribution in [0.5, 0.6) is 0 Å². The molecule has 168 valence electrons. The first-order valence-corrected chi connectivity index (χ1v) is 10.5. The lowest BCUT2D eigenvalue weighted by Gasteiger charge is -2.43. The number of hydrogen-bond acceptors (Lipinski definition) is 5. The van der Waals surface area contributed by atoms with Gasteiger partial charge in [0.25, 0.3) is 0 Å². The van der Waals surface area contributed by atoms with Gasteiger partial charge in [-0.2, -0.15) is 18.2 Å². The summed E-state index contributed by atoms with van der Waals surface area (Å²) in [6.07, 6.45) is -1.50. The van der Waals surface area contributed by atoms with Gasteiger partial charge in [-0.3, -0.25) is 4.90 Å². The molecule has 5 rings (SSSR count). The van der Waals surface area contributed by atoms with Crippen LogP contribution in [0.2, 0.25) is 0 Å². The number of rotatable bonds is 4. The second-order valence-electron chi connectivity index (χ2n) is 8.59. The maximum atomic E-state index is 13.3. The van der Waals surface area contributed by atoms with Crippen molar-refractivity contribution in [3.63, 3.8) is 0 Å². The molecular formula is C23H21F4N3O2. The smallest absolute Gasteiger partial charge is 0.385 e. The third kappa shape index (κ3) is 3.91. The van der Waals surface area contributed by atoms with Crippen molar-refractivity contribution in [1.82, 2.24) is 15.0 Å². The van der Waals surface area contributed by atoms with Crippen LogP contribution >= 0.6 is 0 Å². The van der Waals surface area contributed by atoms with E-state index in [0.717, 1.165) is 30.5 Å². The zero-order chi connectivity index (χ0) is 22.5. The van der Waals surface area contributed by atoms with Crippen LogP contribution in [0.4, 0.5) is 17.6 Å². The Kier molecular flexibility index (Phi) is 5.05. The highest BCUT2D eigenvalue weighted by atomic mass is 19.4. The van der Waals surface area contributed by atoms with Crippen molar-refractivity contribution in [2.75, 3.05) is 0 Å². The van der Waals surface area contributed by atoms with Gasteiger partial charge < -0.3 is 9.63 Å². The fourth-order valence-electron chi connectivity index (χ4n) is 4.97. The van der Waals surface area contributed by atoms with Gasteiger partial charge in [-0.15, -0.1) is 0 Å². The normalized spacial score (nSPS) is 25.9. The highest BCUT2D eigenvalue weighted by Gasteiger charge is 2.48. The molecule has 3 heterocycles. The lowest BCUT2D eigenvalue weighted by atomic mass is 9.80. The van der Waals surface area contributed by atoms with Crippen molar-refractivity contribution in [2.24, 2.45) is 0 Å². The maximum absolute atomic E-state index is 13.3. The van der Waals surface area contributed by atoms with Crippen LogP contribution in [-0.2, 0) is 18.3 Å². The summed E-state index contributed by atoms with van der Waals surface area (Å²) >= 11 is 0. The van der Waals surface area contributed by atoms with Crippen LogP contribution in [-0.4, -0.2) is 32.2 Å². The minimum Gasteiger partial charge on any atom is -0.385 e. The van der Waals surface area contributed by atoms with Crippen molar-refractivity contribution in [3.05, 3.63) is 71.4 Å². The number of nitrogens with zero attached hydrogens (tertiary/aromatic N) is 3. The lowest BCUT2D eigenvalue weighted by molar-refractivity contribution is -0.137. The number of fused-ring (bicyclic) bond motifs is 2. The van der Waals surface area contributed by atoms with E-state index in [1.54, 1.807) is 12.1 Å². The summed E-state index contributed by atoms with van der Waals surface area (Å²) in [6, 6.07) is 10.9. The molecule has 1 aromatic heterocycles. The molecule has 9 heteroatoms. The minimum absolute atomic E-state index is 0.116. The van der Waals surface area contributed by atoms with Crippen molar-refractivity contribution >= 4 is 0 Å². The average Bonchev–Trinajstić information content (AvgIpc) is 3.31. The lowest BCUT2D eigenvalue weighted by Crippen LogP contribution is -2.49. The maximum Gasteiger partial charge on any atom is 0.416 e. The van der Waals surface area contributed by atoms with Gasteiger partial charge in [0.15, 0.2) is 0 Å². The van der Waals surface area contributed by atoms with Crippen molar-refractivity contribution in [3.8, 4) is 11.4 Å². The molecule has 2 aromatic carbocycles. The van der Waals surface area contributed by atoms with Crippen LogP contribution < -0.4 is 0 Å². The molecule has 0 spiro atoms. The molecule has 0 amide bonds. The number of piperidine rings is 1. The van der Waals surface area contributed by atoms with Gasteiger partial charge in [-0.05, 0) is 55.5 Å². The van der Waals surface area contributed by atoms with E-state index in [4.69, 9.17) is 4.52 Å². The third-order valence-corrected chi connectivity index (χ3v) is 6.56. The number of hydrogen-bond donors (Lipinski definition) is 1. The largest absolute Gasteiger partial charge is 0.416 e. The average molecular weight is 447 g/mol. The summed E-state index contributed by atoms with van der Waals surface area (Å²) in [6.45, 7) is 0.405. The summed E-state index contributed by atoms with van der Waals surface area (Å²) in [4.78, 5) is 6.60. The van der Waals surface area contributed by atoms with Crippen LogP contribution in [0.1, 0.15) is 42.7 Å². The Morgan fingerprint density at radius 1 is 1.00 bits per heavy atom. The first-order chi connectivity index (χ1) is 15.2. The number of benzene rings is 2. The van der Waals surface area contributed by atoms with Crippen LogP contribution in [0.15, 0.2) is 53.1 Å². The second-order valence-corrected chi connectivity index (χ2v) is 8.59. The highest BCUT2D eigenvalue weighted by Crippen LogP contribution is 2.46. The highest BCUT2D eigenvalue weighted by molar-refractivity contribution is 5.54. The van der Waals surface area contributed by atoms with E-state index in [9.17, 15) is 22.7 Å². The molecule has 2 aliphatic heterocycles. The predicted molar refractivity (Wildman–Crippen MR) is 107 cm³/mol. The molecule has 2 aliphatic rings. The van der Waals surface area contributed by atoms with Gasteiger partial charge >= 0.3 is 6.18 Å². The zero-order valence-electron chi connectivity index (χ0n) is 17.0. The van der Waals surface area contributed by atoms with E-state index < -0.39 is 17.3 Å². The molecule has 2 atom stereocenters. The van der Waals surface area contributed by atoms with E-state index in [1.807, 2.05) is 0 Å². The van der Waals surface area contributed by atoms with Crippen LogP contribution in [0, 0.1) is 5.82 Å². The van der Waals surface area contributed by atoms with Gasteiger partial charge in [0.1, 0.15) is 5.82 Å². The van der Waals surface area contributed by atoms with E-state index in [2.05, 4.69) is 15.0 Å². The molecule has 2 fully saturated rings. The van der Waals surface area contributed by atoms with Crippen LogP contribution in [0.25, 0.3) is 11.4 Å². The first-order valence-electron chi connectivity index (χ1n) is 10.5. The summed E-state index contributed by atoms with van der Waals surface area (Å²) in [7, 11) is 0. The van der Waals surface area contributed by atoms with Gasteiger partial charge in [0, 0.05) is 17.6 Å². The van der Waals surface area contributed by atoms with E-state index >= 15 is 0 Å². The van der Waals surface area contributed by atoms with Gasteiger partial charge in [0.05, 0.1) is 17.7 Å². The molecule has 0 aliphatic carbocycles. The number of alkyl halides is 3. The molecule has 1 N–H and O–H groups in total. The quantitative estimate of drug-likeness (QED) is 0.576. The number of halogens is 4. The molecule has 2 unspecified atom stereocenters. The van der Waals surface area contributed by atoms with Crippen molar-refractivity contribution in [2.45, 2.75) is 56.1 Å². The number of aromatic nitrogens is 2. The minimum atomic E-state index is -4.40. The van der Waals surface area contributed by atoms with Crippen molar-refractivity contribution < 1.29 is 27.2 Å². The molecule has 5 nitrogen and oxygen atoms in total. The standard InChI is InChI=1S/C23H21F4N3O2/c24-17-7-5-15(6-8-17)22(31)11-18-9-10-19(12-22)30(18)13-20-28-21(29-32-20)14-1-3-16(4-2-14)23(25,26)27/h1-8,18-19,31H,9-13H2. The summed E-state index contributed by atoms with van der Waals surface area (Å²) in [5, 5.41) is 15.2. The van der Waals surface area contributed by atoms with E-state index in [-0.39, 0.29) is 23.7 Å². The van der Waals surface area contributed by atoms with Gasteiger partial charge in [-0.25, -0.2) is 4.39 Å². The Bertz CT molecular complexity index is 1080.